The van der Waals surface area contributed by atoms with Crippen molar-refractivity contribution in [1.82, 2.24) is 20.0 Å². The van der Waals surface area contributed by atoms with Crippen molar-refractivity contribution in [3.63, 3.8) is 0 Å². The summed E-state index contributed by atoms with van der Waals surface area (Å²) in [4.78, 5) is 27.5. The highest BCUT2D eigenvalue weighted by Crippen LogP contribution is 2.22. The van der Waals surface area contributed by atoms with Gasteiger partial charge in [0.05, 0.1) is 23.4 Å². The maximum absolute atomic E-state index is 13.0. The molecule has 1 aromatic heterocycles. The Bertz CT molecular complexity index is 858. The zero-order valence-electron chi connectivity index (χ0n) is 16.5. The van der Waals surface area contributed by atoms with Crippen LogP contribution < -0.4 is 5.32 Å². The summed E-state index contributed by atoms with van der Waals surface area (Å²) in [7, 11) is 0. The molecule has 2 aliphatic rings. The number of amides is 2. The molecule has 1 atom stereocenters. The Balaban J connectivity index is 1.38. The van der Waals surface area contributed by atoms with Crippen molar-refractivity contribution in [2.75, 3.05) is 13.1 Å². The fourth-order valence-corrected chi connectivity index (χ4v) is 4.56. The van der Waals surface area contributed by atoms with Gasteiger partial charge in [0.1, 0.15) is 0 Å². The van der Waals surface area contributed by atoms with Gasteiger partial charge in [-0.15, -0.1) is 0 Å². The summed E-state index contributed by atoms with van der Waals surface area (Å²) < 4.78 is 2.70. The minimum atomic E-state index is -0.115. The van der Waals surface area contributed by atoms with Crippen LogP contribution in [0.1, 0.15) is 55.3 Å². The van der Waals surface area contributed by atoms with Crippen LogP contribution >= 0.6 is 15.9 Å². The van der Waals surface area contributed by atoms with E-state index in [1.807, 2.05) is 24.3 Å². The van der Waals surface area contributed by atoms with Crippen molar-refractivity contribution in [2.45, 2.75) is 51.0 Å². The number of piperidine rings is 1. The monoisotopic (exact) mass is 458 g/mol. The average molecular weight is 459 g/mol. The van der Waals surface area contributed by atoms with Crippen LogP contribution in [0.5, 0.6) is 0 Å². The Morgan fingerprint density at radius 1 is 1.03 bits per heavy atom. The van der Waals surface area contributed by atoms with E-state index in [4.69, 9.17) is 0 Å². The summed E-state index contributed by atoms with van der Waals surface area (Å²) in [6, 6.07) is 8.08. The molecule has 2 aromatic rings. The molecule has 29 heavy (non-hydrogen) atoms. The summed E-state index contributed by atoms with van der Waals surface area (Å²) in [5, 5.41) is 7.56. The highest BCUT2D eigenvalue weighted by atomic mass is 79.9. The Morgan fingerprint density at radius 2 is 1.79 bits per heavy atom. The zero-order valence-corrected chi connectivity index (χ0v) is 18.1. The molecule has 7 heteroatoms. The lowest BCUT2D eigenvalue weighted by Gasteiger charge is -2.33. The van der Waals surface area contributed by atoms with E-state index < -0.39 is 0 Å². The molecule has 2 amide bonds. The fourth-order valence-electron chi connectivity index (χ4n) is 4.29. The molecule has 4 rings (SSSR count). The third kappa shape index (κ3) is 4.89. The van der Waals surface area contributed by atoms with E-state index in [2.05, 4.69) is 26.3 Å². The number of hydrogen-bond acceptors (Lipinski definition) is 3. The van der Waals surface area contributed by atoms with Crippen molar-refractivity contribution < 1.29 is 9.59 Å². The highest BCUT2D eigenvalue weighted by molar-refractivity contribution is 9.10. The number of aromatic nitrogens is 2. The third-order valence-corrected chi connectivity index (χ3v) is 6.48. The lowest BCUT2D eigenvalue weighted by atomic mass is 9.93. The SMILES string of the molecule is O=C(NC1CCCCC1)C1CCCN(C(=O)c2cnn(-c3ccc(Br)cc3)c2)C1. The number of nitrogens with zero attached hydrogens (tertiary/aromatic N) is 3. The van der Waals surface area contributed by atoms with E-state index in [0.717, 1.165) is 35.8 Å². The van der Waals surface area contributed by atoms with Crippen molar-refractivity contribution in [1.29, 1.82) is 0 Å². The van der Waals surface area contributed by atoms with Crippen LogP contribution in [0, 0.1) is 5.92 Å². The first-order chi connectivity index (χ1) is 14.1. The molecule has 1 N–H and O–H groups in total. The molecule has 1 unspecified atom stereocenters. The topological polar surface area (TPSA) is 67.2 Å². The molecule has 0 bridgehead atoms. The Morgan fingerprint density at radius 3 is 2.55 bits per heavy atom. The lowest BCUT2D eigenvalue weighted by molar-refractivity contribution is -0.127. The minimum absolute atomic E-state index is 0.0523. The zero-order chi connectivity index (χ0) is 20.2. The largest absolute Gasteiger partial charge is 0.353 e. The number of halogens is 1. The van der Waals surface area contributed by atoms with Crippen molar-refractivity contribution in [3.05, 3.63) is 46.7 Å². The normalized spacial score (nSPS) is 20.4. The standard InChI is InChI=1S/C22H27BrN4O2/c23-18-8-10-20(11-9-18)27-15-17(13-24-27)22(29)26-12-4-5-16(14-26)21(28)25-19-6-2-1-3-7-19/h8-11,13,15-16,19H,1-7,12,14H2,(H,25,28). The molecule has 6 nitrogen and oxygen atoms in total. The van der Waals surface area contributed by atoms with Gasteiger partial charge in [-0.05, 0) is 49.9 Å². The van der Waals surface area contributed by atoms with E-state index in [0.29, 0.717) is 24.7 Å². The number of rotatable bonds is 4. The van der Waals surface area contributed by atoms with Crippen LogP contribution in [-0.2, 0) is 4.79 Å². The number of nitrogens with one attached hydrogen (secondary N) is 1. The maximum Gasteiger partial charge on any atom is 0.257 e. The second-order valence-electron chi connectivity index (χ2n) is 8.08. The van der Waals surface area contributed by atoms with Crippen LogP contribution in [-0.4, -0.2) is 45.6 Å². The number of carbonyl (C=O) groups excluding carboxylic acids is 2. The van der Waals surface area contributed by atoms with Crippen LogP contribution in [0.15, 0.2) is 41.1 Å². The van der Waals surface area contributed by atoms with Crippen LogP contribution in [0.4, 0.5) is 0 Å². The van der Waals surface area contributed by atoms with E-state index in [-0.39, 0.29) is 17.7 Å². The fraction of sp³-hybridized carbons (Fsp3) is 0.500. The van der Waals surface area contributed by atoms with Gasteiger partial charge in [0, 0.05) is 29.8 Å². The van der Waals surface area contributed by atoms with Crippen LogP contribution in [0.3, 0.4) is 0 Å². The summed E-state index contributed by atoms with van der Waals surface area (Å²) >= 11 is 3.42. The van der Waals surface area contributed by atoms with Gasteiger partial charge in [0.15, 0.2) is 0 Å². The summed E-state index contributed by atoms with van der Waals surface area (Å²) in [5.41, 5.74) is 1.46. The predicted molar refractivity (Wildman–Crippen MR) is 115 cm³/mol. The average Bonchev–Trinajstić information content (AvgIpc) is 3.25. The highest BCUT2D eigenvalue weighted by Gasteiger charge is 2.30. The predicted octanol–water partition coefficient (Wildman–Crippen LogP) is 3.94. The van der Waals surface area contributed by atoms with E-state index in [9.17, 15) is 9.59 Å². The van der Waals surface area contributed by atoms with Crippen molar-refractivity contribution in [2.24, 2.45) is 5.92 Å². The quantitative estimate of drug-likeness (QED) is 0.754. The van der Waals surface area contributed by atoms with Gasteiger partial charge in [-0.1, -0.05) is 35.2 Å². The molecule has 1 saturated carbocycles. The first kappa shape index (κ1) is 20.1. The smallest absolute Gasteiger partial charge is 0.257 e. The first-order valence-electron chi connectivity index (χ1n) is 10.5. The molecule has 1 aliphatic carbocycles. The van der Waals surface area contributed by atoms with Gasteiger partial charge < -0.3 is 10.2 Å². The molecule has 2 heterocycles. The van der Waals surface area contributed by atoms with E-state index >= 15 is 0 Å². The number of likely N-dealkylation sites (tertiary alicyclic amines) is 1. The van der Waals surface area contributed by atoms with Crippen LogP contribution in [0.25, 0.3) is 5.69 Å². The number of hydrogen-bond donors (Lipinski definition) is 1. The Labute approximate surface area is 179 Å². The van der Waals surface area contributed by atoms with Gasteiger partial charge in [0.2, 0.25) is 5.91 Å². The molecular weight excluding hydrogens is 432 g/mol. The van der Waals surface area contributed by atoms with Gasteiger partial charge in [-0.2, -0.15) is 5.10 Å². The first-order valence-corrected chi connectivity index (χ1v) is 11.3. The summed E-state index contributed by atoms with van der Waals surface area (Å²) in [6.45, 7) is 1.18. The molecule has 154 valence electrons. The van der Waals surface area contributed by atoms with Crippen molar-refractivity contribution in [3.8, 4) is 5.69 Å². The second-order valence-corrected chi connectivity index (χ2v) is 9.00. The molecule has 1 aliphatic heterocycles. The summed E-state index contributed by atoms with van der Waals surface area (Å²) in [6.07, 6.45) is 10.9. The van der Waals surface area contributed by atoms with Gasteiger partial charge in [-0.3, -0.25) is 9.59 Å². The molecule has 1 aromatic carbocycles. The van der Waals surface area contributed by atoms with Crippen molar-refractivity contribution >= 4 is 27.7 Å². The van der Waals surface area contributed by atoms with E-state index in [1.165, 1.54) is 19.3 Å². The Kier molecular flexibility index (Phi) is 6.33. The maximum atomic E-state index is 13.0. The molecular formula is C22H27BrN4O2. The van der Waals surface area contributed by atoms with Gasteiger partial charge in [0.25, 0.3) is 5.91 Å². The van der Waals surface area contributed by atoms with Gasteiger partial charge >= 0.3 is 0 Å². The Hall–Kier alpha value is -2.15. The molecule has 2 fully saturated rings. The summed E-state index contributed by atoms with van der Waals surface area (Å²) in [5.74, 6) is -0.0559. The van der Waals surface area contributed by atoms with E-state index in [1.54, 1.807) is 22.0 Å². The lowest BCUT2D eigenvalue weighted by Crippen LogP contribution is -2.47. The second kappa shape index (κ2) is 9.11. The molecule has 1 saturated heterocycles. The third-order valence-electron chi connectivity index (χ3n) is 5.95. The molecule has 0 spiro atoms. The van der Waals surface area contributed by atoms with Crippen LogP contribution in [0.2, 0.25) is 0 Å². The number of benzene rings is 1. The number of carbonyl (C=O) groups is 2. The minimum Gasteiger partial charge on any atom is -0.353 e. The van der Waals surface area contributed by atoms with Gasteiger partial charge in [-0.25, -0.2) is 4.68 Å². The molecule has 0 radical (unpaired) electrons.